The van der Waals surface area contributed by atoms with E-state index in [1.54, 1.807) is 10.7 Å². The van der Waals surface area contributed by atoms with Gasteiger partial charge in [0.15, 0.2) is 0 Å². The second-order valence-electron chi connectivity index (χ2n) is 3.33. The highest BCUT2D eigenvalue weighted by Gasteiger charge is 2.17. The van der Waals surface area contributed by atoms with Crippen molar-refractivity contribution in [3.63, 3.8) is 0 Å². The van der Waals surface area contributed by atoms with Crippen LogP contribution in [0.15, 0.2) is 48.6 Å². The predicted octanol–water partition coefficient (Wildman–Crippen LogP) is 2.81. The Morgan fingerprint density at radius 3 is 2.67 bits per heavy atom. The molecular weight excluding hydrogens is 189 g/mol. The van der Waals surface area contributed by atoms with Crippen LogP contribution in [-0.2, 0) is 0 Å². The largest absolute Gasteiger partial charge is 0.290 e. The van der Waals surface area contributed by atoms with E-state index < -0.39 is 6.67 Å². The van der Waals surface area contributed by atoms with Gasteiger partial charge in [-0.3, -0.25) is 4.58 Å². The highest BCUT2D eigenvalue weighted by atomic mass is 19.1. The van der Waals surface area contributed by atoms with Gasteiger partial charge in [-0.25, -0.2) is 4.39 Å². The Kier molecular flexibility index (Phi) is 2.68. The molecule has 1 aliphatic rings. The number of halogens is 1. The lowest BCUT2D eigenvalue weighted by molar-refractivity contribution is -0.402. The molecule has 1 aromatic rings. The highest BCUT2D eigenvalue weighted by molar-refractivity contribution is 5.63. The van der Waals surface area contributed by atoms with Gasteiger partial charge in [0.25, 0.3) is 0 Å². The molecule has 1 aromatic carbocycles. The summed E-state index contributed by atoms with van der Waals surface area (Å²) in [4.78, 5) is 0. The van der Waals surface area contributed by atoms with Crippen LogP contribution in [0, 0.1) is 6.04 Å². The molecule has 0 aromatic heterocycles. The van der Waals surface area contributed by atoms with Crippen LogP contribution in [0.5, 0.6) is 0 Å². The normalized spacial score (nSPS) is 15.4. The Morgan fingerprint density at radius 1 is 1.27 bits per heavy atom. The summed E-state index contributed by atoms with van der Waals surface area (Å²) in [5.41, 5.74) is 1.97. The summed E-state index contributed by atoms with van der Waals surface area (Å²) in [5.74, 6) is 0. The smallest absolute Gasteiger partial charge is 0.139 e. The van der Waals surface area contributed by atoms with Gasteiger partial charge >= 0.3 is 0 Å². The molecule has 1 heterocycles. The second kappa shape index (κ2) is 4.13. The predicted molar refractivity (Wildman–Crippen MR) is 60.2 cm³/mol. The van der Waals surface area contributed by atoms with E-state index in [4.69, 9.17) is 0 Å². The summed E-state index contributed by atoms with van der Waals surface area (Å²) in [6.45, 7) is 3.35. The number of rotatable bonds is 2. The molecule has 1 nitrogen and oxygen atoms in total. The fourth-order valence-corrected chi connectivity index (χ4v) is 1.56. The molecule has 0 N–H and O–H groups in total. The van der Waals surface area contributed by atoms with Gasteiger partial charge in [-0.1, -0.05) is 42.5 Å². The molecular formula is C13H12FN. The number of allylic oxidation sites excluding steroid dienone is 2. The first-order valence-electron chi connectivity index (χ1n) is 4.79. The lowest BCUT2D eigenvalue weighted by atomic mass is 10.1. The number of hydrogen-bond donors (Lipinski definition) is 0. The van der Waals surface area contributed by atoms with E-state index in [0.29, 0.717) is 6.04 Å². The van der Waals surface area contributed by atoms with E-state index in [1.165, 1.54) is 0 Å². The van der Waals surface area contributed by atoms with Crippen molar-refractivity contribution in [2.45, 2.75) is 0 Å². The zero-order valence-electron chi connectivity index (χ0n) is 8.36. The van der Waals surface area contributed by atoms with E-state index in [0.717, 1.165) is 11.3 Å². The van der Waals surface area contributed by atoms with Crippen molar-refractivity contribution >= 4 is 12.4 Å². The second-order valence-corrected chi connectivity index (χ2v) is 3.33. The maximum atomic E-state index is 12.6. The number of benzene rings is 1. The fraction of sp³-hybridized carbons (Fsp3) is 0.0769. The molecule has 0 saturated carbocycles. The van der Waals surface area contributed by atoms with Crippen molar-refractivity contribution in [3.8, 4) is 0 Å². The summed E-state index contributed by atoms with van der Waals surface area (Å²) in [7, 11) is 0. The molecule has 0 amide bonds. The van der Waals surface area contributed by atoms with Gasteiger partial charge in [-0.15, -0.1) is 6.08 Å². The van der Waals surface area contributed by atoms with Crippen molar-refractivity contribution < 1.29 is 8.97 Å². The van der Waals surface area contributed by atoms with Crippen molar-refractivity contribution in [1.29, 1.82) is 0 Å². The average molecular weight is 201 g/mol. The van der Waals surface area contributed by atoms with Crippen LogP contribution in [-0.4, -0.2) is 18.0 Å². The van der Waals surface area contributed by atoms with E-state index >= 15 is 0 Å². The highest BCUT2D eigenvalue weighted by Crippen LogP contribution is 2.24. The van der Waals surface area contributed by atoms with Crippen molar-refractivity contribution in [2.24, 2.45) is 0 Å². The third-order valence-corrected chi connectivity index (χ3v) is 2.39. The Labute approximate surface area is 88.9 Å². The average Bonchev–Trinajstić information content (AvgIpc) is 2.30. The summed E-state index contributed by atoms with van der Waals surface area (Å²) in [5, 5.41) is 0. The maximum absolute atomic E-state index is 12.6. The first-order valence-corrected chi connectivity index (χ1v) is 4.79. The molecule has 76 valence electrons. The van der Waals surface area contributed by atoms with Gasteiger partial charge in [-0.2, -0.15) is 0 Å². The van der Waals surface area contributed by atoms with E-state index in [9.17, 15) is 4.39 Å². The summed E-state index contributed by atoms with van der Waals surface area (Å²) in [6.07, 6.45) is 5.51. The van der Waals surface area contributed by atoms with Crippen LogP contribution >= 0.6 is 0 Å². The molecule has 0 aliphatic carbocycles. The molecule has 0 atom stereocenters. The van der Waals surface area contributed by atoms with Crippen LogP contribution in [0.2, 0.25) is 0 Å². The van der Waals surface area contributed by atoms with Crippen LogP contribution in [0.3, 0.4) is 0 Å². The van der Waals surface area contributed by atoms with Crippen LogP contribution in [0.25, 0.3) is 5.70 Å². The molecule has 15 heavy (non-hydrogen) atoms. The van der Waals surface area contributed by atoms with Gasteiger partial charge in [0.1, 0.15) is 18.4 Å². The van der Waals surface area contributed by atoms with E-state index in [1.807, 2.05) is 42.5 Å². The topological polar surface area (TPSA) is 3.01 Å². The van der Waals surface area contributed by atoms with Gasteiger partial charge in [0.2, 0.25) is 0 Å². The monoisotopic (exact) mass is 201 g/mol. The molecule has 0 radical (unpaired) electrons. The van der Waals surface area contributed by atoms with Gasteiger partial charge in [0, 0.05) is 5.56 Å². The van der Waals surface area contributed by atoms with Gasteiger partial charge < -0.3 is 0 Å². The van der Waals surface area contributed by atoms with Crippen LogP contribution in [0.1, 0.15) is 5.56 Å². The third-order valence-electron chi connectivity index (χ3n) is 2.39. The standard InChI is InChI=1S/C13H12FN/c1-15-12(10-14)8-5-9-13(15)11-6-3-2-4-7-11/h2-9H,1,10H2. The Morgan fingerprint density at radius 2 is 2.00 bits per heavy atom. The molecule has 0 spiro atoms. The quantitative estimate of drug-likeness (QED) is 0.511. The zero-order chi connectivity index (χ0) is 10.7. The molecule has 1 aliphatic heterocycles. The molecule has 0 bridgehead atoms. The first-order chi connectivity index (χ1) is 7.33. The lowest BCUT2D eigenvalue weighted by Crippen LogP contribution is -2.18. The number of nitrogens with zero attached hydrogens (tertiary/aromatic N) is 1. The SMILES string of the molecule is C=[N+]1C(c2ccccc2)=CC=C[C-]1CF. The van der Waals surface area contributed by atoms with E-state index in [2.05, 4.69) is 6.72 Å². The Bertz CT molecular complexity index is 417. The number of hydrogen-bond acceptors (Lipinski definition) is 0. The number of alkyl halides is 1. The van der Waals surface area contributed by atoms with Crippen LogP contribution < -0.4 is 0 Å². The molecule has 2 rings (SSSR count). The molecule has 0 unspecified atom stereocenters. The fourth-order valence-electron chi connectivity index (χ4n) is 1.56. The zero-order valence-corrected chi connectivity index (χ0v) is 8.36. The minimum atomic E-state index is -0.496. The van der Waals surface area contributed by atoms with Crippen LogP contribution in [0.4, 0.5) is 4.39 Å². The Hall–Kier alpha value is -1.83. The summed E-state index contributed by atoms with van der Waals surface area (Å²) >= 11 is 0. The van der Waals surface area contributed by atoms with E-state index in [-0.39, 0.29) is 0 Å². The van der Waals surface area contributed by atoms with Crippen molar-refractivity contribution in [3.05, 3.63) is 60.2 Å². The first kappa shape index (κ1) is 9.71. The van der Waals surface area contributed by atoms with Gasteiger partial charge in [-0.05, 0) is 0 Å². The minimum Gasteiger partial charge on any atom is -0.290 e. The van der Waals surface area contributed by atoms with Crippen molar-refractivity contribution in [1.82, 2.24) is 0 Å². The summed E-state index contributed by atoms with van der Waals surface area (Å²) in [6, 6.07) is 10.4. The summed E-state index contributed by atoms with van der Waals surface area (Å²) < 4.78 is 14.3. The molecule has 0 saturated heterocycles. The molecule has 2 heteroatoms. The molecule has 0 fully saturated rings. The van der Waals surface area contributed by atoms with Crippen molar-refractivity contribution in [2.75, 3.05) is 6.67 Å². The minimum absolute atomic E-state index is 0.496. The Balaban J connectivity index is 2.35. The maximum Gasteiger partial charge on any atom is 0.139 e. The van der Waals surface area contributed by atoms with Gasteiger partial charge in [0.05, 0.1) is 6.72 Å². The lowest BCUT2D eigenvalue weighted by Gasteiger charge is -2.20. The third kappa shape index (κ3) is 1.84.